The minimum absolute atomic E-state index is 0.123. The van der Waals surface area contributed by atoms with Gasteiger partial charge in [-0.05, 0) is 12.1 Å². The van der Waals surface area contributed by atoms with E-state index in [2.05, 4.69) is 10.5 Å². The van der Waals surface area contributed by atoms with Crippen LogP contribution in [0.1, 0.15) is 15.4 Å². The lowest BCUT2D eigenvalue weighted by Crippen LogP contribution is -2.37. The molecule has 0 saturated carbocycles. The molecule has 0 atom stereocenters. The lowest BCUT2D eigenvalue weighted by Gasteiger charge is -2.16. The summed E-state index contributed by atoms with van der Waals surface area (Å²) in [6, 6.07) is 14.5. The average Bonchev–Trinajstić information content (AvgIpc) is 3.29. The van der Waals surface area contributed by atoms with Crippen molar-refractivity contribution in [3.63, 3.8) is 0 Å². The Morgan fingerprint density at radius 1 is 1.23 bits per heavy atom. The van der Waals surface area contributed by atoms with E-state index in [1.165, 1.54) is 16.2 Å². The summed E-state index contributed by atoms with van der Waals surface area (Å²) < 4.78 is 5.87. The molecule has 0 fully saturated rings. The second-order valence-electron chi connectivity index (χ2n) is 5.58. The molecule has 0 bridgehead atoms. The predicted molar refractivity (Wildman–Crippen MR) is 100 cm³/mol. The molecule has 134 valence electrons. The number of hydrogen-bond acceptors (Lipinski definition) is 5. The van der Waals surface area contributed by atoms with Crippen LogP contribution in [0.25, 0.3) is 11.3 Å². The van der Waals surface area contributed by atoms with Gasteiger partial charge in [0.05, 0.1) is 17.4 Å². The molecule has 1 aromatic carbocycles. The van der Waals surface area contributed by atoms with Gasteiger partial charge in [-0.3, -0.25) is 9.59 Å². The van der Waals surface area contributed by atoms with E-state index in [1.54, 1.807) is 19.2 Å². The first-order chi connectivity index (χ1) is 12.5. The van der Waals surface area contributed by atoms with E-state index in [1.807, 2.05) is 36.4 Å². The van der Waals surface area contributed by atoms with Gasteiger partial charge in [0.25, 0.3) is 5.91 Å². The number of nitrogens with one attached hydrogen (secondary N) is 1. The van der Waals surface area contributed by atoms with Crippen molar-refractivity contribution in [2.24, 2.45) is 0 Å². The van der Waals surface area contributed by atoms with Gasteiger partial charge in [0, 0.05) is 23.6 Å². The fourth-order valence-corrected chi connectivity index (χ4v) is 3.40. The molecule has 8 heteroatoms. The normalized spacial score (nSPS) is 10.5. The van der Waals surface area contributed by atoms with Crippen LogP contribution in [0.15, 0.2) is 53.1 Å². The monoisotopic (exact) mass is 389 g/mol. The minimum Gasteiger partial charge on any atom is -0.355 e. The van der Waals surface area contributed by atoms with Crippen LogP contribution in [-0.2, 0) is 11.3 Å². The molecule has 2 aromatic heterocycles. The molecule has 0 aliphatic heterocycles. The minimum atomic E-state index is -0.461. The van der Waals surface area contributed by atoms with Crippen LogP contribution in [0.3, 0.4) is 0 Å². The number of carbonyl (C=O) groups is 2. The van der Waals surface area contributed by atoms with Gasteiger partial charge in [-0.2, -0.15) is 0 Å². The lowest BCUT2D eigenvalue weighted by molar-refractivity contribution is -0.129. The van der Waals surface area contributed by atoms with E-state index >= 15 is 0 Å². The molecule has 0 unspecified atom stereocenters. The largest absolute Gasteiger partial charge is 0.355 e. The Kier molecular flexibility index (Phi) is 5.70. The Morgan fingerprint density at radius 3 is 2.69 bits per heavy atom. The Hall–Kier alpha value is -2.64. The first-order valence-electron chi connectivity index (χ1n) is 7.81. The van der Waals surface area contributed by atoms with Gasteiger partial charge < -0.3 is 14.7 Å². The molecular formula is C18H16ClN3O3S. The van der Waals surface area contributed by atoms with E-state index in [4.69, 9.17) is 16.1 Å². The molecule has 2 heterocycles. The highest BCUT2D eigenvalue weighted by molar-refractivity contribution is 7.16. The number of thiophene rings is 1. The average molecular weight is 390 g/mol. The standard InChI is InChI=1S/C18H16ClN3O3S/c1-22(11-13-7-8-16(19)26-13)17(23)10-20-18(24)14-9-15(25-21-14)12-5-3-2-4-6-12/h2-9H,10-11H2,1H3,(H,20,24). The summed E-state index contributed by atoms with van der Waals surface area (Å²) in [6.45, 7) is 0.316. The maximum atomic E-state index is 12.2. The summed E-state index contributed by atoms with van der Waals surface area (Å²) in [5.41, 5.74) is 0.953. The van der Waals surface area contributed by atoms with Crippen molar-refractivity contribution in [1.82, 2.24) is 15.4 Å². The molecule has 1 N–H and O–H groups in total. The van der Waals surface area contributed by atoms with Crippen molar-refractivity contribution in [3.05, 3.63) is 63.4 Å². The van der Waals surface area contributed by atoms with Crippen molar-refractivity contribution in [3.8, 4) is 11.3 Å². The van der Waals surface area contributed by atoms with Crippen LogP contribution < -0.4 is 5.32 Å². The zero-order chi connectivity index (χ0) is 18.5. The number of likely N-dealkylation sites (N-methyl/N-ethyl adjacent to an activating group) is 1. The summed E-state index contributed by atoms with van der Waals surface area (Å²) in [7, 11) is 1.67. The Morgan fingerprint density at radius 2 is 2.00 bits per heavy atom. The highest BCUT2D eigenvalue weighted by atomic mass is 35.5. The number of carbonyl (C=O) groups excluding carboxylic acids is 2. The van der Waals surface area contributed by atoms with E-state index in [0.717, 1.165) is 10.4 Å². The van der Waals surface area contributed by atoms with Gasteiger partial charge in [-0.1, -0.05) is 47.1 Å². The van der Waals surface area contributed by atoms with Crippen LogP contribution in [0.2, 0.25) is 4.34 Å². The van der Waals surface area contributed by atoms with Gasteiger partial charge in [0.2, 0.25) is 5.91 Å². The van der Waals surface area contributed by atoms with Crippen LogP contribution in [0.5, 0.6) is 0 Å². The maximum Gasteiger partial charge on any atom is 0.273 e. The van der Waals surface area contributed by atoms with Crippen molar-refractivity contribution in [2.75, 3.05) is 13.6 Å². The fraction of sp³-hybridized carbons (Fsp3) is 0.167. The summed E-state index contributed by atoms with van der Waals surface area (Å²) in [5.74, 6) is -0.180. The molecule has 0 spiro atoms. The van der Waals surface area contributed by atoms with Crippen LogP contribution in [-0.4, -0.2) is 35.5 Å². The maximum absolute atomic E-state index is 12.2. The van der Waals surface area contributed by atoms with Crippen molar-refractivity contribution in [1.29, 1.82) is 0 Å². The molecule has 0 aliphatic rings. The third-order valence-electron chi connectivity index (χ3n) is 3.65. The van der Waals surface area contributed by atoms with Crippen molar-refractivity contribution < 1.29 is 14.1 Å². The highest BCUT2D eigenvalue weighted by Crippen LogP contribution is 2.22. The smallest absolute Gasteiger partial charge is 0.273 e. The molecule has 3 rings (SSSR count). The Labute approximate surface area is 159 Å². The topological polar surface area (TPSA) is 75.4 Å². The van der Waals surface area contributed by atoms with Gasteiger partial charge >= 0.3 is 0 Å². The number of halogens is 1. The summed E-state index contributed by atoms with van der Waals surface area (Å²) in [6.07, 6.45) is 0. The van der Waals surface area contributed by atoms with E-state index in [0.29, 0.717) is 16.6 Å². The van der Waals surface area contributed by atoms with Gasteiger partial charge in [-0.15, -0.1) is 11.3 Å². The molecule has 26 heavy (non-hydrogen) atoms. The lowest BCUT2D eigenvalue weighted by atomic mass is 10.1. The van der Waals surface area contributed by atoms with Gasteiger partial charge in [0.15, 0.2) is 11.5 Å². The summed E-state index contributed by atoms with van der Waals surface area (Å²) in [4.78, 5) is 26.8. The number of aromatic nitrogens is 1. The summed E-state index contributed by atoms with van der Waals surface area (Å²) in [5, 5.41) is 6.32. The van der Waals surface area contributed by atoms with E-state index < -0.39 is 5.91 Å². The number of rotatable bonds is 6. The first-order valence-corrected chi connectivity index (χ1v) is 9.01. The highest BCUT2D eigenvalue weighted by Gasteiger charge is 2.16. The number of hydrogen-bond donors (Lipinski definition) is 1. The SMILES string of the molecule is CN(Cc1ccc(Cl)s1)C(=O)CNC(=O)c1cc(-c2ccccc2)on1. The molecule has 3 aromatic rings. The Balaban J connectivity index is 1.53. The van der Waals surface area contributed by atoms with Gasteiger partial charge in [-0.25, -0.2) is 0 Å². The first kappa shape index (κ1) is 18.2. The zero-order valence-electron chi connectivity index (χ0n) is 13.9. The van der Waals surface area contributed by atoms with Crippen LogP contribution in [0.4, 0.5) is 0 Å². The van der Waals surface area contributed by atoms with Crippen molar-refractivity contribution in [2.45, 2.75) is 6.54 Å². The summed E-state index contributed by atoms with van der Waals surface area (Å²) >= 11 is 7.30. The number of amides is 2. The number of nitrogens with zero attached hydrogens (tertiary/aromatic N) is 2. The predicted octanol–water partition coefficient (Wildman–Crippen LogP) is 3.44. The molecule has 2 amide bonds. The Bertz CT molecular complexity index is 907. The number of benzene rings is 1. The second kappa shape index (κ2) is 8.16. The van der Waals surface area contributed by atoms with Crippen LogP contribution >= 0.6 is 22.9 Å². The molecular weight excluding hydrogens is 374 g/mol. The zero-order valence-corrected chi connectivity index (χ0v) is 15.5. The van der Waals surface area contributed by atoms with Crippen LogP contribution in [0, 0.1) is 0 Å². The van der Waals surface area contributed by atoms with E-state index in [-0.39, 0.29) is 18.1 Å². The third kappa shape index (κ3) is 4.50. The quantitative estimate of drug-likeness (QED) is 0.700. The van der Waals surface area contributed by atoms with Crippen molar-refractivity contribution >= 4 is 34.8 Å². The van der Waals surface area contributed by atoms with Gasteiger partial charge in [0.1, 0.15) is 0 Å². The second-order valence-corrected chi connectivity index (χ2v) is 7.38. The third-order valence-corrected chi connectivity index (χ3v) is 4.86. The fourth-order valence-electron chi connectivity index (χ4n) is 2.26. The molecule has 0 radical (unpaired) electrons. The van der Waals surface area contributed by atoms with E-state index in [9.17, 15) is 9.59 Å². The molecule has 6 nitrogen and oxygen atoms in total. The molecule has 0 aliphatic carbocycles. The molecule has 0 saturated heterocycles.